The van der Waals surface area contributed by atoms with Gasteiger partial charge in [0.25, 0.3) is 5.69 Å². The molecular formula is C19H24N3O5S+. The molecule has 2 aromatic carbocycles. The van der Waals surface area contributed by atoms with E-state index in [-0.39, 0.29) is 10.6 Å². The molecule has 1 aliphatic rings. The zero-order valence-electron chi connectivity index (χ0n) is 15.7. The number of nitrogens with one attached hydrogen (secondary N) is 1. The molecule has 0 atom stereocenters. The van der Waals surface area contributed by atoms with Gasteiger partial charge in [-0.05, 0) is 37.3 Å². The number of hydrogen-bond acceptors (Lipinski definition) is 5. The Morgan fingerprint density at radius 3 is 2.36 bits per heavy atom. The van der Waals surface area contributed by atoms with Crippen LogP contribution in [0.25, 0.3) is 0 Å². The van der Waals surface area contributed by atoms with Gasteiger partial charge in [0.1, 0.15) is 12.3 Å². The van der Waals surface area contributed by atoms with Crippen molar-refractivity contribution >= 4 is 15.7 Å². The van der Waals surface area contributed by atoms with Gasteiger partial charge in [-0.2, -0.15) is 4.31 Å². The third-order valence-electron chi connectivity index (χ3n) is 4.80. The number of rotatable bonds is 7. The lowest BCUT2D eigenvalue weighted by molar-refractivity contribution is -0.917. The maximum absolute atomic E-state index is 12.9. The van der Waals surface area contributed by atoms with Crippen molar-refractivity contribution in [3.8, 4) is 5.75 Å². The summed E-state index contributed by atoms with van der Waals surface area (Å²) in [6, 6.07) is 13.4. The molecule has 0 unspecified atom stereocenters. The SMILES string of the molecule is CCOc1ccc(C[NH+]2CCN(S(=O)(=O)c3ccccc3[N+](=O)[O-])CC2)cc1. The van der Waals surface area contributed by atoms with Crippen molar-refractivity contribution in [2.45, 2.75) is 18.4 Å². The van der Waals surface area contributed by atoms with Gasteiger partial charge >= 0.3 is 0 Å². The minimum atomic E-state index is -3.88. The molecule has 3 rings (SSSR count). The van der Waals surface area contributed by atoms with Crippen molar-refractivity contribution in [3.05, 3.63) is 64.2 Å². The lowest BCUT2D eigenvalue weighted by atomic mass is 10.2. The Balaban J connectivity index is 1.64. The van der Waals surface area contributed by atoms with Crippen LogP contribution in [-0.4, -0.2) is 50.4 Å². The quantitative estimate of drug-likeness (QED) is 0.549. The second-order valence-corrected chi connectivity index (χ2v) is 8.54. The molecule has 0 bridgehead atoms. The fourth-order valence-corrected chi connectivity index (χ4v) is 4.94. The fourth-order valence-electron chi connectivity index (χ4n) is 3.34. The standard InChI is InChI=1S/C19H23N3O5S/c1-2-27-17-9-7-16(8-10-17)15-20-11-13-21(14-12-20)28(25,26)19-6-4-3-5-18(19)22(23)24/h3-10H,2,11-15H2,1H3/p+1. The van der Waals surface area contributed by atoms with Crippen molar-refractivity contribution in [2.24, 2.45) is 0 Å². The molecule has 1 saturated heterocycles. The van der Waals surface area contributed by atoms with E-state index in [1.54, 1.807) is 0 Å². The second kappa shape index (κ2) is 8.68. The summed E-state index contributed by atoms with van der Waals surface area (Å²) < 4.78 is 32.5. The number of para-hydroxylation sites is 1. The molecule has 1 fully saturated rings. The zero-order chi connectivity index (χ0) is 20.1. The van der Waals surface area contributed by atoms with Crippen molar-refractivity contribution in [1.82, 2.24) is 4.31 Å². The summed E-state index contributed by atoms with van der Waals surface area (Å²) in [6.07, 6.45) is 0. The van der Waals surface area contributed by atoms with Crippen molar-refractivity contribution in [3.63, 3.8) is 0 Å². The predicted octanol–water partition coefficient (Wildman–Crippen LogP) is 1.08. The Bertz CT molecular complexity index is 923. The number of nitrogens with zero attached hydrogens (tertiary/aromatic N) is 2. The largest absolute Gasteiger partial charge is 0.494 e. The van der Waals surface area contributed by atoms with Gasteiger partial charge in [0.2, 0.25) is 10.0 Å². The van der Waals surface area contributed by atoms with E-state index in [0.717, 1.165) is 17.9 Å². The highest BCUT2D eigenvalue weighted by Crippen LogP contribution is 2.26. The molecule has 150 valence electrons. The average Bonchev–Trinajstić information content (AvgIpc) is 2.70. The van der Waals surface area contributed by atoms with Crippen LogP contribution in [0.5, 0.6) is 5.75 Å². The van der Waals surface area contributed by atoms with Gasteiger partial charge in [0.15, 0.2) is 4.90 Å². The molecule has 1 N–H and O–H groups in total. The van der Waals surface area contributed by atoms with Gasteiger partial charge in [-0.15, -0.1) is 0 Å². The molecule has 2 aromatic rings. The number of sulfonamides is 1. The van der Waals surface area contributed by atoms with Crippen LogP contribution >= 0.6 is 0 Å². The van der Waals surface area contributed by atoms with Crippen molar-refractivity contribution in [1.29, 1.82) is 0 Å². The van der Waals surface area contributed by atoms with Gasteiger partial charge in [-0.1, -0.05) is 12.1 Å². The van der Waals surface area contributed by atoms with Gasteiger partial charge in [0.05, 0.1) is 37.7 Å². The smallest absolute Gasteiger partial charge is 0.289 e. The fraction of sp³-hybridized carbons (Fsp3) is 0.368. The lowest BCUT2D eigenvalue weighted by Gasteiger charge is -2.31. The Labute approximate surface area is 164 Å². The van der Waals surface area contributed by atoms with Gasteiger partial charge < -0.3 is 9.64 Å². The first-order valence-electron chi connectivity index (χ1n) is 9.20. The summed E-state index contributed by atoms with van der Waals surface area (Å²) in [7, 11) is -3.88. The van der Waals surface area contributed by atoms with Gasteiger partial charge in [-0.25, -0.2) is 8.42 Å². The Hall–Kier alpha value is -2.49. The highest BCUT2D eigenvalue weighted by Gasteiger charge is 2.34. The predicted molar refractivity (Wildman–Crippen MR) is 104 cm³/mol. The summed E-state index contributed by atoms with van der Waals surface area (Å²) in [5, 5.41) is 11.2. The van der Waals surface area contributed by atoms with Crippen LogP contribution in [0.1, 0.15) is 12.5 Å². The summed E-state index contributed by atoms with van der Waals surface area (Å²) in [4.78, 5) is 11.6. The number of benzene rings is 2. The van der Waals surface area contributed by atoms with Crippen LogP contribution in [0, 0.1) is 10.1 Å². The van der Waals surface area contributed by atoms with E-state index < -0.39 is 14.9 Å². The Kier molecular flexibility index (Phi) is 6.28. The highest BCUT2D eigenvalue weighted by atomic mass is 32.2. The molecule has 8 nitrogen and oxygen atoms in total. The minimum absolute atomic E-state index is 0.241. The third-order valence-corrected chi connectivity index (χ3v) is 6.74. The molecule has 0 aromatic heterocycles. The maximum atomic E-state index is 12.9. The average molecular weight is 406 g/mol. The molecule has 28 heavy (non-hydrogen) atoms. The van der Waals surface area contributed by atoms with E-state index in [1.807, 2.05) is 31.2 Å². The van der Waals surface area contributed by atoms with Gasteiger partial charge in [0, 0.05) is 11.6 Å². The first kappa shape index (κ1) is 20.2. The molecule has 0 amide bonds. The number of hydrogen-bond donors (Lipinski definition) is 1. The molecule has 0 spiro atoms. The highest BCUT2D eigenvalue weighted by molar-refractivity contribution is 7.89. The van der Waals surface area contributed by atoms with Crippen LogP contribution in [-0.2, 0) is 16.6 Å². The first-order chi connectivity index (χ1) is 13.4. The number of nitro groups is 1. The molecule has 0 aliphatic carbocycles. The van der Waals surface area contributed by atoms with Crippen LogP contribution in [0.2, 0.25) is 0 Å². The Morgan fingerprint density at radius 2 is 1.75 bits per heavy atom. The first-order valence-corrected chi connectivity index (χ1v) is 10.6. The van der Waals surface area contributed by atoms with E-state index in [1.165, 1.54) is 33.5 Å². The summed E-state index contributed by atoms with van der Waals surface area (Å²) in [6.45, 7) is 5.32. The molecule has 0 radical (unpaired) electrons. The molecular weight excluding hydrogens is 382 g/mol. The summed E-state index contributed by atoms with van der Waals surface area (Å²) in [5.74, 6) is 0.835. The van der Waals surface area contributed by atoms with E-state index in [9.17, 15) is 18.5 Å². The van der Waals surface area contributed by atoms with Crippen LogP contribution in [0.15, 0.2) is 53.4 Å². The normalized spacial score (nSPS) is 16.0. The van der Waals surface area contributed by atoms with Crippen LogP contribution in [0.4, 0.5) is 5.69 Å². The summed E-state index contributed by atoms with van der Waals surface area (Å²) >= 11 is 0. The Morgan fingerprint density at radius 1 is 1.11 bits per heavy atom. The van der Waals surface area contributed by atoms with Crippen LogP contribution < -0.4 is 9.64 Å². The molecule has 1 heterocycles. The monoisotopic (exact) mass is 406 g/mol. The van der Waals surface area contributed by atoms with Crippen molar-refractivity contribution < 1.29 is 23.0 Å². The van der Waals surface area contributed by atoms with E-state index in [4.69, 9.17) is 4.74 Å². The van der Waals surface area contributed by atoms with E-state index >= 15 is 0 Å². The van der Waals surface area contributed by atoms with Gasteiger partial charge in [-0.3, -0.25) is 10.1 Å². The third kappa shape index (κ3) is 4.49. The minimum Gasteiger partial charge on any atom is -0.494 e. The number of nitro benzene ring substituents is 1. The van der Waals surface area contributed by atoms with Crippen molar-refractivity contribution in [2.75, 3.05) is 32.8 Å². The second-order valence-electron chi connectivity index (χ2n) is 6.63. The van der Waals surface area contributed by atoms with E-state index in [0.29, 0.717) is 32.8 Å². The van der Waals surface area contributed by atoms with E-state index in [2.05, 4.69) is 0 Å². The molecule has 1 aliphatic heterocycles. The summed E-state index contributed by atoms with van der Waals surface area (Å²) in [5.41, 5.74) is 0.778. The number of piperazine rings is 1. The van der Waals surface area contributed by atoms with Crippen LogP contribution in [0.3, 0.4) is 0 Å². The topological polar surface area (TPSA) is 94.2 Å². The molecule has 0 saturated carbocycles. The molecule has 9 heteroatoms. The lowest BCUT2D eigenvalue weighted by Crippen LogP contribution is -3.13. The zero-order valence-corrected chi connectivity index (χ0v) is 16.5. The number of ether oxygens (including phenoxy) is 1. The number of quaternary nitrogens is 1. The maximum Gasteiger partial charge on any atom is 0.289 e.